The van der Waals surface area contributed by atoms with Crippen molar-refractivity contribution in [2.45, 2.75) is 51.1 Å². The first-order valence-corrected chi connectivity index (χ1v) is 10.0. The van der Waals surface area contributed by atoms with E-state index < -0.39 is 9.84 Å². The monoisotopic (exact) mass is 349 g/mol. The number of hydrogen-bond acceptors (Lipinski definition) is 4. The Morgan fingerprint density at radius 1 is 1.17 bits per heavy atom. The van der Waals surface area contributed by atoms with E-state index in [-0.39, 0.29) is 12.1 Å². The fourth-order valence-electron chi connectivity index (χ4n) is 3.00. The van der Waals surface area contributed by atoms with Gasteiger partial charge in [0.25, 0.3) is 0 Å². The van der Waals surface area contributed by atoms with Gasteiger partial charge in [0.2, 0.25) is 0 Å². The van der Waals surface area contributed by atoms with Gasteiger partial charge >= 0.3 is 0 Å². The quantitative estimate of drug-likeness (QED) is 0.871. The van der Waals surface area contributed by atoms with Crippen molar-refractivity contribution in [1.82, 2.24) is 15.1 Å². The van der Waals surface area contributed by atoms with Crippen LogP contribution >= 0.6 is 0 Å². The molecule has 1 heterocycles. The van der Waals surface area contributed by atoms with Crippen LogP contribution in [0, 0.1) is 13.8 Å². The molecule has 0 radical (unpaired) electrons. The molecule has 5 nitrogen and oxygen atoms in total. The molecule has 1 aromatic carbocycles. The number of benzene rings is 1. The molecular weight excluding hydrogens is 322 g/mol. The second-order valence-corrected chi connectivity index (χ2v) is 8.62. The second kappa shape index (κ2) is 7.07. The Kier molecular flexibility index (Phi) is 5.50. The lowest BCUT2D eigenvalue weighted by molar-refractivity contribution is 0.475. The molecule has 0 aliphatic rings. The molecule has 2 rings (SSSR count). The van der Waals surface area contributed by atoms with Crippen LogP contribution < -0.4 is 5.32 Å². The van der Waals surface area contributed by atoms with E-state index in [4.69, 9.17) is 0 Å². The molecule has 0 amide bonds. The molecule has 0 spiro atoms. The fraction of sp³-hybridized carbons (Fsp3) is 0.500. The summed E-state index contributed by atoms with van der Waals surface area (Å²) < 4.78 is 25.0. The zero-order valence-electron chi connectivity index (χ0n) is 15.3. The van der Waals surface area contributed by atoms with Crippen molar-refractivity contribution in [3.63, 3.8) is 0 Å². The summed E-state index contributed by atoms with van der Waals surface area (Å²) in [6.45, 7) is 8.39. The normalized spacial score (nSPS) is 14.6. The third kappa shape index (κ3) is 4.24. The van der Waals surface area contributed by atoms with Crippen LogP contribution in [-0.2, 0) is 23.3 Å². The number of nitrogens with one attached hydrogen (secondary N) is 1. The first-order chi connectivity index (χ1) is 11.1. The van der Waals surface area contributed by atoms with Gasteiger partial charge in [0.1, 0.15) is 0 Å². The zero-order chi connectivity index (χ0) is 18.1. The van der Waals surface area contributed by atoms with Crippen LogP contribution in [0.4, 0.5) is 0 Å². The van der Waals surface area contributed by atoms with Gasteiger partial charge in [-0.05, 0) is 57.4 Å². The summed E-state index contributed by atoms with van der Waals surface area (Å²) in [5.41, 5.74) is 4.64. The molecule has 0 fully saturated rings. The van der Waals surface area contributed by atoms with Crippen LogP contribution in [0.25, 0.3) is 0 Å². The number of nitrogens with zero attached hydrogens (tertiary/aromatic N) is 2. The first-order valence-electron chi connectivity index (χ1n) is 8.14. The van der Waals surface area contributed by atoms with Crippen LogP contribution in [0.15, 0.2) is 29.2 Å². The highest BCUT2D eigenvalue weighted by molar-refractivity contribution is 7.90. The molecule has 6 heteroatoms. The Morgan fingerprint density at radius 2 is 1.75 bits per heavy atom. The maximum atomic E-state index is 11.5. The van der Waals surface area contributed by atoms with Gasteiger partial charge in [-0.2, -0.15) is 5.10 Å². The van der Waals surface area contributed by atoms with Gasteiger partial charge in [-0.1, -0.05) is 12.1 Å². The van der Waals surface area contributed by atoms with E-state index in [2.05, 4.69) is 31.2 Å². The van der Waals surface area contributed by atoms with E-state index in [0.29, 0.717) is 4.90 Å². The van der Waals surface area contributed by atoms with Gasteiger partial charge in [0.15, 0.2) is 9.84 Å². The molecule has 0 saturated carbocycles. The predicted octanol–water partition coefficient (Wildman–Crippen LogP) is 2.72. The van der Waals surface area contributed by atoms with E-state index in [9.17, 15) is 8.42 Å². The summed E-state index contributed by atoms with van der Waals surface area (Å²) in [6.07, 6.45) is 2.14. The number of hydrogen-bond donors (Lipinski definition) is 1. The molecular formula is C18H27N3O2S. The van der Waals surface area contributed by atoms with Gasteiger partial charge in [-0.25, -0.2) is 8.42 Å². The van der Waals surface area contributed by atoms with Crippen LogP contribution in [0.5, 0.6) is 0 Å². The van der Waals surface area contributed by atoms with Crippen LogP contribution in [-0.4, -0.2) is 30.5 Å². The Balaban J connectivity index is 2.04. The average molecular weight is 350 g/mol. The predicted molar refractivity (Wildman–Crippen MR) is 97.0 cm³/mol. The minimum atomic E-state index is -3.15. The number of aromatic nitrogens is 2. The Bertz CT molecular complexity index is 808. The molecule has 2 atom stereocenters. The molecule has 0 saturated heterocycles. The minimum Gasteiger partial charge on any atom is -0.307 e. The molecule has 2 unspecified atom stereocenters. The molecule has 2 aromatic rings. The van der Waals surface area contributed by atoms with Gasteiger partial charge in [0.05, 0.1) is 10.6 Å². The van der Waals surface area contributed by atoms with E-state index in [0.717, 1.165) is 17.7 Å². The van der Waals surface area contributed by atoms with Crippen molar-refractivity contribution in [1.29, 1.82) is 0 Å². The highest BCUT2D eigenvalue weighted by Crippen LogP contribution is 2.19. The summed E-state index contributed by atoms with van der Waals surface area (Å²) in [5.74, 6) is 0. The Labute approximate surface area is 145 Å². The van der Waals surface area contributed by atoms with E-state index in [1.54, 1.807) is 12.1 Å². The van der Waals surface area contributed by atoms with E-state index >= 15 is 0 Å². The summed E-state index contributed by atoms with van der Waals surface area (Å²) >= 11 is 0. The third-order valence-corrected chi connectivity index (χ3v) is 5.64. The van der Waals surface area contributed by atoms with Crippen molar-refractivity contribution in [2.75, 3.05) is 6.26 Å². The van der Waals surface area contributed by atoms with Crippen molar-refractivity contribution in [3.8, 4) is 0 Å². The Morgan fingerprint density at radius 3 is 2.21 bits per heavy atom. The SMILES string of the molecule is Cc1nn(C)c(C)c1CC(C)NC(C)c1ccc(S(C)(=O)=O)cc1. The number of aryl methyl sites for hydroxylation is 2. The maximum Gasteiger partial charge on any atom is 0.175 e. The van der Waals surface area contributed by atoms with Crippen molar-refractivity contribution in [3.05, 3.63) is 46.8 Å². The topological polar surface area (TPSA) is 64.0 Å². The molecule has 1 N–H and O–H groups in total. The largest absolute Gasteiger partial charge is 0.307 e. The van der Waals surface area contributed by atoms with Gasteiger partial charge in [-0.15, -0.1) is 0 Å². The van der Waals surface area contributed by atoms with Crippen LogP contribution in [0.3, 0.4) is 0 Å². The molecule has 24 heavy (non-hydrogen) atoms. The molecule has 0 bridgehead atoms. The molecule has 1 aromatic heterocycles. The summed E-state index contributed by atoms with van der Waals surface area (Å²) in [4.78, 5) is 0.355. The first kappa shape index (κ1) is 18.7. The third-order valence-electron chi connectivity index (χ3n) is 4.51. The van der Waals surface area contributed by atoms with Gasteiger partial charge in [0, 0.05) is 31.1 Å². The van der Waals surface area contributed by atoms with Crippen molar-refractivity contribution < 1.29 is 8.42 Å². The summed E-state index contributed by atoms with van der Waals surface area (Å²) in [6, 6.07) is 7.52. The smallest absolute Gasteiger partial charge is 0.175 e. The highest BCUT2D eigenvalue weighted by Gasteiger charge is 2.16. The lowest BCUT2D eigenvalue weighted by Gasteiger charge is -2.21. The average Bonchev–Trinajstić information content (AvgIpc) is 2.73. The standard InChI is InChI=1S/C18H27N3O2S/c1-12(11-18-14(3)20-21(5)15(18)4)19-13(2)16-7-9-17(10-8-16)24(6,22)23/h7-10,12-13,19H,11H2,1-6H3. The molecule has 0 aliphatic carbocycles. The summed E-state index contributed by atoms with van der Waals surface area (Å²) in [7, 11) is -1.18. The minimum absolute atomic E-state index is 0.144. The zero-order valence-corrected chi connectivity index (χ0v) is 16.1. The van der Waals surface area contributed by atoms with Crippen LogP contribution in [0.2, 0.25) is 0 Å². The van der Waals surface area contributed by atoms with Crippen molar-refractivity contribution >= 4 is 9.84 Å². The van der Waals surface area contributed by atoms with E-state index in [1.807, 2.05) is 30.8 Å². The summed E-state index contributed by atoms with van der Waals surface area (Å²) in [5, 5.41) is 8.05. The fourth-order valence-corrected chi connectivity index (χ4v) is 3.64. The van der Waals surface area contributed by atoms with Crippen LogP contribution in [0.1, 0.15) is 42.4 Å². The van der Waals surface area contributed by atoms with Gasteiger partial charge < -0.3 is 5.32 Å². The van der Waals surface area contributed by atoms with E-state index in [1.165, 1.54) is 17.5 Å². The number of rotatable bonds is 6. The second-order valence-electron chi connectivity index (χ2n) is 6.61. The lowest BCUT2D eigenvalue weighted by Crippen LogP contribution is -2.31. The van der Waals surface area contributed by atoms with Gasteiger partial charge in [-0.3, -0.25) is 4.68 Å². The molecule has 132 valence electrons. The maximum absolute atomic E-state index is 11.5. The van der Waals surface area contributed by atoms with Crippen molar-refractivity contribution in [2.24, 2.45) is 7.05 Å². The molecule has 0 aliphatic heterocycles. The lowest BCUT2D eigenvalue weighted by atomic mass is 10.0. The Hall–Kier alpha value is -1.66. The highest BCUT2D eigenvalue weighted by atomic mass is 32.2. The number of sulfone groups is 1.